The number of nitrogens with zero attached hydrogens (tertiary/aromatic N) is 5. The quantitative estimate of drug-likeness (QED) is 0.602. The molecule has 1 aromatic carbocycles. The third-order valence-corrected chi connectivity index (χ3v) is 6.45. The van der Waals surface area contributed by atoms with Crippen molar-refractivity contribution in [1.82, 2.24) is 30.2 Å². The normalized spacial score (nSPS) is 15.5. The van der Waals surface area contributed by atoms with Crippen LogP contribution in [0.1, 0.15) is 54.3 Å². The molecular formula is C21H26N6O2S. The molecule has 2 aromatic heterocycles. The molecule has 1 saturated carbocycles. The van der Waals surface area contributed by atoms with Crippen LogP contribution >= 0.6 is 11.8 Å². The van der Waals surface area contributed by atoms with E-state index in [0.29, 0.717) is 16.9 Å². The number of carbonyl (C=O) groups is 1. The van der Waals surface area contributed by atoms with E-state index in [4.69, 9.17) is 4.52 Å². The number of benzene rings is 1. The van der Waals surface area contributed by atoms with E-state index in [0.717, 1.165) is 48.3 Å². The number of rotatable bonds is 6. The summed E-state index contributed by atoms with van der Waals surface area (Å²) < 4.78 is 7.17. The fourth-order valence-corrected chi connectivity index (χ4v) is 4.77. The molecule has 30 heavy (non-hydrogen) atoms. The number of aryl methyl sites for hydroxylation is 4. The van der Waals surface area contributed by atoms with Crippen LogP contribution in [0.4, 0.5) is 0 Å². The highest BCUT2D eigenvalue weighted by atomic mass is 32.2. The Bertz CT molecular complexity index is 1070. The standard InChI is InChI=1S/C21H26N6O2S/c1-13-7-8-14(2)17(11-13)27-15(3)24-25-20(27)30-12-18(28)23-21(9-5-6-10-21)19-22-16(4)29-26-19/h7-8,11H,5-6,9-10,12H2,1-4H3,(H,23,28). The molecule has 0 unspecified atom stereocenters. The van der Waals surface area contributed by atoms with Gasteiger partial charge in [0.15, 0.2) is 11.0 Å². The first-order chi connectivity index (χ1) is 14.4. The number of hydrogen-bond acceptors (Lipinski definition) is 7. The van der Waals surface area contributed by atoms with Crippen molar-refractivity contribution < 1.29 is 9.32 Å². The van der Waals surface area contributed by atoms with Crippen molar-refractivity contribution in [2.75, 3.05) is 5.75 Å². The zero-order valence-corrected chi connectivity index (χ0v) is 18.5. The van der Waals surface area contributed by atoms with Crippen LogP contribution in [0, 0.1) is 27.7 Å². The highest BCUT2D eigenvalue weighted by Gasteiger charge is 2.41. The first kappa shape index (κ1) is 20.6. The summed E-state index contributed by atoms with van der Waals surface area (Å²) in [4.78, 5) is 17.2. The van der Waals surface area contributed by atoms with Crippen LogP contribution in [0.5, 0.6) is 0 Å². The minimum Gasteiger partial charge on any atom is -0.342 e. The fraction of sp³-hybridized carbons (Fsp3) is 0.476. The summed E-state index contributed by atoms with van der Waals surface area (Å²) in [5.74, 6) is 2.04. The molecule has 0 atom stereocenters. The lowest BCUT2D eigenvalue weighted by atomic mass is 9.96. The monoisotopic (exact) mass is 426 g/mol. The maximum absolute atomic E-state index is 12.9. The Morgan fingerprint density at radius 2 is 1.97 bits per heavy atom. The number of thioether (sulfide) groups is 1. The molecule has 3 aromatic rings. The topological polar surface area (TPSA) is 98.7 Å². The molecule has 8 nitrogen and oxygen atoms in total. The van der Waals surface area contributed by atoms with Gasteiger partial charge in [0.25, 0.3) is 0 Å². The summed E-state index contributed by atoms with van der Waals surface area (Å²) >= 11 is 1.38. The molecule has 4 rings (SSSR count). The summed E-state index contributed by atoms with van der Waals surface area (Å²) in [7, 11) is 0. The Morgan fingerprint density at radius 3 is 2.67 bits per heavy atom. The molecule has 1 amide bonds. The van der Waals surface area contributed by atoms with Gasteiger partial charge in [0, 0.05) is 6.92 Å². The number of hydrogen-bond donors (Lipinski definition) is 1. The van der Waals surface area contributed by atoms with Crippen molar-refractivity contribution in [2.45, 2.75) is 64.1 Å². The maximum Gasteiger partial charge on any atom is 0.231 e. The van der Waals surface area contributed by atoms with Gasteiger partial charge in [-0.15, -0.1) is 10.2 Å². The van der Waals surface area contributed by atoms with E-state index < -0.39 is 5.54 Å². The first-order valence-corrected chi connectivity index (χ1v) is 11.1. The maximum atomic E-state index is 12.9. The SMILES string of the molecule is Cc1ccc(C)c(-n2c(C)nnc2SCC(=O)NC2(c3noc(C)n3)CCCC2)c1. The van der Waals surface area contributed by atoms with Gasteiger partial charge in [0.1, 0.15) is 11.4 Å². The third kappa shape index (κ3) is 3.98. The third-order valence-electron chi connectivity index (χ3n) is 5.52. The molecule has 9 heteroatoms. The largest absolute Gasteiger partial charge is 0.342 e. The van der Waals surface area contributed by atoms with Crippen LogP contribution in [-0.4, -0.2) is 36.6 Å². The molecule has 1 N–H and O–H groups in total. The van der Waals surface area contributed by atoms with Crippen LogP contribution in [0.2, 0.25) is 0 Å². The second-order valence-corrected chi connectivity index (χ2v) is 8.86. The van der Waals surface area contributed by atoms with Crippen molar-refractivity contribution in [3.05, 3.63) is 46.9 Å². The van der Waals surface area contributed by atoms with E-state index in [1.54, 1.807) is 6.92 Å². The highest BCUT2D eigenvalue weighted by molar-refractivity contribution is 7.99. The molecule has 158 valence electrons. The number of amides is 1. The van der Waals surface area contributed by atoms with Gasteiger partial charge in [-0.2, -0.15) is 4.98 Å². The zero-order valence-electron chi connectivity index (χ0n) is 17.7. The van der Waals surface area contributed by atoms with Crippen LogP contribution in [-0.2, 0) is 10.3 Å². The number of carbonyl (C=O) groups excluding carboxylic acids is 1. The molecule has 1 aliphatic rings. The van der Waals surface area contributed by atoms with Crippen LogP contribution in [0.3, 0.4) is 0 Å². The Balaban J connectivity index is 1.50. The summed E-state index contributed by atoms with van der Waals surface area (Å²) in [6.07, 6.45) is 3.70. The van der Waals surface area contributed by atoms with E-state index in [2.05, 4.69) is 57.7 Å². The smallest absolute Gasteiger partial charge is 0.231 e. The molecule has 0 bridgehead atoms. The van der Waals surface area contributed by atoms with Gasteiger partial charge >= 0.3 is 0 Å². The first-order valence-electron chi connectivity index (χ1n) is 10.1. The second kappa shape index (κ2) is 8.22. The van der Waals surface area contributed by atoms with E-state index in [1.165, 1.54) is 11.8 Å². The summed E-state index contributed by atoms with van der Waals surface area (Å²) in [6, 6.07) is 6.28. The zero-order chi connectivity index (χ0) is 21.3. The molecular weight excluding hydrogens is 400 g/mol. The van der Waals surface area contributed by atoms with Gasteiger partial charge in [0.05, 0.1) is 11.4 Å². The van der Waals surface area contributed by atoms with E-state index in [1.807, 2.05) is 11.5 Å². The summed E-state index contributed by atoms with van der Waals surface area (Å²) in [5.41, 5.74) is 2.80. The van der Waals surface area contributed by atoms with Crippen molar-refractivity contribution >= 4 is 17.7 Å². The Kier molecular flexibility index (Phi) is 5.64. The van der Waals surface area contributed by atoms with Crippen molar-refractivity contribution in [3.63, 3.8) is 0 Å². The van der Waals surface area contributed by atoms with E-state index in [9.17, 15) is 4.79 Å². The van der Waals surface area contributed by atoms with Crippen molar-refractivity contribution in [1.29, 1.82) is 0 Å². The van der Waals surface area contributed by atoms with Gasteiger partial charge in [0.2, 0.25) is 11.8 Å². The molecule has 2 heterocycles. The summed E-state index contributed by atoms with van der Waals surface area (Å²) in [5, 5.41) is 16.5. The van der Waals surface area contributed by atoms with E-state index >= 15 is 0 Å². The fourth-order valence-electron chi connectivity index (χ4n) is 3.98. The number of nitrogens with one attached hydrogen (secondary N) is 1. The summed E-state index contributed by atoms with van der Waals surface area (Å²) in [6.45, 7) is 7.81. The minimum atomic E-state index is -0.536. The predicted octanol–water partition coefficient (Wildman–Crippen LogP) is 3.56. The average Bonchev–Trinajstić information content (AvgIpc) is 3.43. The van der Waals surface area contributed by atoms with Crippen LogP contribution < -0.4 is 5.32 Å². The van der Waals surface area contributed by atoms with Gasteiger partial charge in [-0.25, -0.2) is 0 Å². The lowest BCUT2D eigenvalue weighted by Gasteiger charge is -2.26. The molecule has 1 fully saturated rings. The van der Waals surface area contributed by atoms with Gasteiger partial charge in [-0.1, -0.05) is 41.9 Å². The second-order valence-electron chi connectivity index (χ2n) is 7.92. The Hall–Kier alpha value is -2.68. The van der Waals surface area contributed by atoms with Gasteiger partial charge in [-0.05, 0) is 50.8 Å². The number of aromatic nitrogens is 5. The van der Waals surface area contributed by atoms with E-state index in [-0.39, 0.29) is 11.7 Å². The molecule has 0 radical (unpaired) electrons. The molecule has 0 saturated heterocycles. The molecule has 1 aliphatic carbocycles. The average molecular weight is 427 g/mol. The van der Waals surface area contributed by atoms with Gasteiger partial charge < -0.3 is 9.84 Å². The molecule has 0 spiro atoms. The van der Waals surface area contributed by atoms with Crippen molar-refractivity contribution in [3.8, 4) is 5.69 Å². The van der Waals surface area contributed by atoms with Crippen LogP contribution in [0.25, 0.3) is 5.69 Å². The Labute approximate surface area is 179 Å². The molecule has 0 aliphatic heterocycles. The predicted molar refractivity (Wildman–Crippen MR) is 114 cm³/mol. The van der Waals surface area contributed by atoms with Crippen LogP contribution in [0.15, 0.2) is 27.9 Å². The van der Waals surface area contributed by atoms with Crippen molar-refractivity contribution in [2.24, 2.45) is 0 Å². The lowest BCUT2D eigenvalue weighted by molar-refractivity contribution is -0.120. The van der Waals surface area contributed by atoms with Gasteiger partial charge in [-0.3, -0.25) is 9.36 Å². The Morgan fingerprint density at radius 1 is 1.20 bits per heavy atom. The highest BCUT2D eigenvalue weighted by Crippen LogP contribution is 2.37. The minimum absolute atomic E-state index is 0.0717. The lowest BCUT2D eigenvalue weighted by Crippen LogP contribution is -2.45.